The summed E-state index contributed by atoms with van der Waals surface area (Å²) in [5.74, 6) is 0.823. The zero-order chi connectivity index (χ0) is 19.1. The van der Waals surface area contributed by atoms with Gasteiger partial charge < -0.3 is 15.4 Å². The molecule has 7 heteroatoms. The van der Waals surface area contributed by atoms with Crippen LogP contribution < -0.4 is 10.6 Å². The van der Waals surface area contributed by atoms with Crippen LogP contribution in [0.2, 0.25) is 10.0 Å². The van der Waals surface area contributed by atoms with E-state index in [1.807, 2.05) is 18.2 Å². The van der Waals surface area contributed by atoms with Gasteiger partial charge in [-0.25, -0.2) is 0 Å². The number of morpholine rings is 1. The van der Waals surface area contributed by atoms with Crippen LogP contribution in [0.1, 0.15) is 31.2 Å². The molecule has 3 rings (SSSR count). The number of ether oxygens (including phenoxy) is 1. The molecular formula is C20H29Cl2N3O2. The number of benzene rings is 1. The minimum absolute atomic E-state index is 0.0318. The number of nitrogens with zero attached hydrogens (tertiary/aromatic N) is 1. The largest absolute Gasteiger partial charge is 0.374 e. The smallest absolute Gasteiger partial charge is 0.220 e. The third-order valence-corrected chi connectivity index (χ3v) is 6.12. The van der Waals surface area contributed by atoms with Crippen LogP contribution in [0.15, 0.2) is 18.2 Å². The lowest BCUT2D eigenvalue weighted by atomic mass is 9.93. The van der Waals surface area contributed by atoms with Crippen LogP contribution in [0.5, 0.6) is 0 Å². The van der Waals surface area contributed by atoms with E-state index in [9.17, 15) is 4.79 Å². The SMILES string of the molecule is O=C(CCC1CCNCC1)NC[C@H]1CN(Cc2ccc(Cl)c(Cl)c2)CCO1. The van der Waals surface area contributed by atoms with E-state index >= 15 is 0 Å². The first-order valence-corrected chi connectivity index (χ1v) is 10.6. The van der Waals surface area contributed by atoms with Crippen molar-refractivity contribution in [1.29, 1.82) is 0 Å². The molecule has 2 aliphatic rings. The van der Waals surface area contributed by atoms with Crippen LogP contribution in [0, 0.1) is 5.92 Å². The van der Waals surface area contributed by atoms with Gasteiger partial charge in [0, 0.05) is 32.6 Å². The Kier molecular flexibility index (Phi) is 8.22. The van der Waals surface area contributed by atoms with Crippen LogP contribution in [0.25, 0.3) is 0 Å². The number of rotatable bonds is 7. The van der Waals surface area contributed by atoms with E-state index in [4.69, 9.17) is 27.9 Å². The molecule has 0 unspecified atom stereocenters. The molecule has 0 spiro atoms. The summed E-state index contributed by atoms with van der Waals surface area (Å²) >= 11 is 12.1. The van der Waals surface area contributed by atoms with Gasteiger partial charge in [0.15, 0.2) is 0 Å². The molecular weight excluding hydrogens is 385 g/mol. The Morgan fingerprint density at radius 2 is 2.07 bits per heavy atom. The topological polar surface area (TPSA) is 53.6 Å². The van der Waals surface area contributed by atoms with Crippen molar-refractivity contribution in [1.82, 2.24) is 15.5 Å². The van der Waals surface area contributed by atoms with E-state index in [0.717, 1.165) is 44.7 Å². The van der Waals surface area contributed by atoms with Crippen LogP contribution in [0.4, 0.5) is 0 Å². The Morgan fingerprint density at radius 3 is 2.85 bits per heavy atom. The molecule has 5 nitrogen and oxygen atoms in total. The molecule has 1 atom stereocenters. The average Bonchev–Trinajstić information content (AvgIpc) is 2.69. The van der Waals surface area contributed by atoms with E-state index in [0.29, 0.717) is 35.5 Å². The van der Waals surface area contributed by atoms with E-state index in [1.165, 1.54) is 12.8 Å². The lowest BCUT2D eigenvalue weighted by molar-refractivity contribution is -0.122. The number of carbonyl (C=O) groups is 1. The van der Waals surface area contributed by atoms with Crippen LogP contribution in [-0.2, 0) is 16.1 Å². The highest BCUT2D eigenvalue weighted by Crippen LogP contribution is 2.23. The monoisotopic (exact) mass is 413 g/mol. The van der Waals surface area contributed by atoms with Gasteiger partial charge in [0.2, 0.25) is 5.91 Å². The summed E-state index contributed by atoms with van der Waals surface area (Å²) in [6.45, 7) is 5.89. The fraction of sp³-hybridized carbons (Fsp3) is 0.650. The average molecular weight is 414 g/mol. The molecule has 0 radical (unpaired) electrons. The molecule has 2 N–H and O–H groups in total. The van der Waals surface area contributed by atoms with Crippen molar-refractivity contribution >= 4 is 29.1 Å². The quantitative estimate of drug-likeness (QED) is 0.720. The van der Waals surface area contributed by atoms with Crippen molar-refractivity contribution in [2.24, 2.45) is 5.92 Å². The minimum atomic E-state index is 0.0318. The Balaban J connectivity index is 1.37. The Labute approximate surface area is 171 Å². The zero-order valence-electron chi connectivity index (χ0n) is 15.7. The molecule has 1 amide bonds. The normalized spacial score (nSPS) is 21.9. The van der Waals surface area contributed by atoms with Gasteiger partial charge >= 0.3 is 0 Å². The maximum absolute atomic E-state index is 12.1. The summed E-state index contributed by atoms with van der Waals surface area (Å²) in [6.07, 6.45) is 4.00. The number of hydrogen-bond donors (Lipinski definition) is 2. The van der Waals surface area contributed by atoms with Crippen molar-refractivity contribution in [2.75, 3.05) is 39.3 Å². The van der Waals surface area contributed by atoms with Gasteiger partial charge in [-0.15, -0.1) is 0 Å². The highest BCUT2D eigenvalue weighted by atomic mass is 35.5. The maximum Gasteiger partial charge on any atom is 0.220 e. The number of nitrogens with one attached hydrogen (secondary N) is 2. The summed E-state index contributed by atoms with van der Waals surface area (Å²) in [7, 11) is 0. The first kappa shape index (κ1) is 20.9. The molecule has 1 aromatic carbocycles. The zero-order valence-corrected chi connectivity index (χ0v) is 17.2. The molecule has 0 aromatic heterocycles. The van der Waals surface area contributed by atoms with Gasteiger partial charge in [0.25, 0.3) is 0 Å². The van der Waals surface area contributed by atoms with Crippen molar-refractivity contribution < 1.29 is 9.53 Å². The molecule has 1 aromatic rings. The van der Waals surface area contributed by atoms with Gasteiger partial charge in [-0.2, -0.15) is 0 Å². The van der Waals surface area contributed by atoms with Crippen molar-refractivity contribution in [3.63, 3.8) is 0 Å². The van der Waals surface area contributed by atoms with Gasteiger partial charge in [-0.05, 0) is 56.0 Å². The van der Waals surface area contributed by atoms with Crippen LogP contribution in [0.3, 0.4) is 0 Å². The molecule has 150 valence electrons. The van der Waals surface area contributed by atoms with Gasteiger partial charge in [-0.3, -0.25) is 9.69 Å². The summed E-state index contributed by atoms with van der Waals surface area (Å²) in [5, 5.41) is 7.57. The van der Waals surface area contributed by atoms with Crippen molar-refractivity contribution in [3.8, 4) is 0 Å². The fourth-order valence-corrected chi connectivity index (χ4v) is 4.09. The summed E-state index contributed by atoms with van der Waals surface area (Å²) in [5.41, 5.74) is 1.14. The van der Waals surface area contributed by atoms with Crippen LogP contribution >= 0.6 is 23.2 Å². The molecule has 0 saturated carbocycles. The second-order valence-corrected chi connectivity index (χ2v) is 8.33. The number of halogens is 2. The molecule has 2 saturated heterocycles. The first-order valence-electron chi connectivity index (χ1n) is 9.85. The van der Waals surface area contributed by atoms with E-state index in [-0.39, 0.29) is 12.0 Å². The second-order valence-electron chi connectivity index (χ2n) is 7.51. The highest BCUT2D eigenvalue weighted by molar-refractivity contribution is 6.42. The number of carbonyl (C=O) groups excluding carboxylic acids is 1. The Bertz CT molecular complexity index is 623. The molecule has 0 aliphatic carbocycles. The summed E-state index contributed by atoms with van der Waals surface area (Å²) in [4.78, 5) is 14.5. The molecule has 0 bridgehead atoms. The van der Waals surface area contributed by atoms with Gasteiger partial charge in [0.05, 0.1) is 22.8 Å². The third kappa shape index (κ3) is 6.91. The summed E-state index contributed by atoms with van der Waals surface area (Å²) in [6, 6.07) is 5.75. The van der Waals surface area contributed by atoms with Crippen molar-refractivity contribution in [3.05, 3.63) is 33.8 Å². The van der Waals surface area contributed by atoms with E-state index in [2.05, 4.69) is 15.5 Å². The predicted molar refractivity (Wildman–Crippen MR) is 109 cm³/mol. The third-order valence-electron chi connectivity index (χ3n) is 5.38. The molecule has 2 heterocycles. The Hall–Kier alpha value is -0.850. The van der Waals surface area contributed by atoms with Gasteiger partial charge in [-0.1, -0.05) is 29.3 Å². The second kappa shape index (κ2) is 10.6. The number of piperidine rings is 1. The molecule has 2 fully saturated rings. The van der Waals surface area contributed by atoms with E-state index < -0.39 is 0 Å². The van der Waals surface area contributed by atoms with E-state index in [1.54, 1.807) is 0 Å². The Morgan fingerprint density at radius 1 is 1.26 bits per heavy atom. The van der Waals surface area contributed by atoms with Crippen LogP contribution in [-0.4, -0.2) is 56.2 Å². The van der Waals surface area contributed by atoms with Crippen molar-refractivity contribution in [2.45, 2.75) is 38.3 Å². The molecule has 2 aliphatic heterocycles. The lowest BCUT2D eigenvalue weighted by Gasteiger charge is -2.33. The highest BCUT2D eigenvalue weighted by Gasteiger charge is 2.21. The number of hydrogen-bond acceptors (Lipinski definition) is 4. The summed E-state index contributed by atoms with van der Waals surface area (Å²) < 4.78 is 5.82. The standard InChI is InChI=1S/C20H29Cl2N3O2/c21-18-3-1-16(11-19(18)22)13-25-9-10-27-17(14-25)12-24-20(26)4-2-15-5-7-23-8-6-15/h1,3,11,15,17,23H,2,4-10,12-14H2,(H,24,26)/t17-/m0/s1. The van der Waals surface area contributed by atoms with Gasteiger partial charge in [0.1, 0.15) is 0 Å². The lowest BCUT2D eigenvalue weighted by Crippen LogP contribution is -2.47. The predicted octanol–water partition coefficient (Wildman–Crippen LogP) is 3.09. The first-order chi connectivity index (χ1) is 13.1. The molecule has 27 heavy (non-hydrogen) atoms. The maximum atomic E-state index is 12.1. The minimum Gasteiger partial charge on any atom is -0.374 e. The number of amides is 1. The fourth-order valence-electron chi connectivity index (χ4n) is 3.77.